The fourth-order valence-corrected chi connectivity index (χ4v) is 2.05. The number of carbonyl (C=O) groups excluding carboxylic acids is 1. The van der Waals surface area contributed by atoms with E-state index in [0.717, 1.165) is 25.9 Å². The van der Waals surface area contributed by atoms with Crippen LogP contribution in [0.1, 0.15) is 45.4 Å². The summed E-state index contributed by atoms with van der Waals surface area (Å²) in [6, 6.07) is 0.703. The smallest absolute Gasteiger partial charge is 0.129 e. The second-order valence-corrected chi connectivity index (χ2v) is 4.50. The molecule has 0 aromatic carbocycles. The number of aliphatic hydroxyl groups excluding tert-OH is 1. The van der Waals surface area contributed by atoms with Gasteiger partial charge in [0.05, 0.1) is 6.61 Å². The molecule has 15 heavy (non-hydrogen) atoms. The highest BCUT2D eigenvalue weighted by Crippen LogP contribution is 2.24. The lowest BCUT2D eigenvalue weighted by Gasteiger charge is -2.37. The molecule has 1 saturated carbocycles. The van der Waals surface area contributed by atoms with Gasteiger partial charge in [0, 0.05) is 19.0 Å². The first-order valence-electron chi connectivity index (χ1n) is 6.08. The van der Waals surface area contributed by atoms with E-state index in [4.69, 9.17) is 5.11 Å². The number of unbranched alkanes of at least 4 members (excludes halogenated alkanes) is 1. The van der Waals surface area contributed by atoms with E-state index in [-0.39, 0.29) is 12.4 Å². The Morgan fingerprint density at radius 1 is 1.33 bits per heavy atom. The lowest BCUT2D eigenvalue weighted by Crippen LogP contribution is -2.42. The van der Waals surface area contributed by atoms with E-state index in [0.29, 0.717) is 12.5 Å². The molecular formula is C12H23NO2. The molecule has 1 rings (SSSR count). The number of ketones is 1. The predicted octanol–water partition coefficient (Wildman–Crippen LogP) is 1.59. The van der Waals surface area contributed by atoms with E-state index in [2.05, 4.69) is 4.90 Å². The van der Waals surface area contributed by atoms with Crippen LogP contribution in [-0.4, -0.2) is 41.5 Å². The van der Waals surface area contributed by atoms with E-state index >= 15 is 0 Å². The van der Waals surface area contributed by atoms with Crippen molar-refractivity contribution in [3.05, 3.63) is 0 Å². The normalized spacial score (nSPS) is 16.7. The molecule has 1 aliphatic rings. The summed E-state index contributed by atoms with van der Waals surface area (Å²) in [6.07, 6.45) is 6.68. The van der Waals surface area contributed by atoms with Crippen molar-refractivity contribution < 1.29 is 9.90 Å². The molecule has 1 N–H and O–H groups in total. The number of Topliss-reactive ketones (excluding diaryl/α,β-unsaturated/α-hetero) is 1. The maximum atomic E-state index is 10.8. The Morgan fingerprint density at radius 3 is 2.53 bits per heavy atom. The molecule has 0 aliphatic heterocycles. The van der Waals surface area contributed by atoms with Crippen LogP contribution in [0.15, 0.2) is 0 Å². The quantitative estimate of drug-likeness (QED) is 0.622. The summed E-state index contributed by atoms with van der Waals surface area (Å²) in [7, 11) is 0. The maximum absolute atomic E-state index is 10.8. The first kappa shape index (κ1) is 12.7. The van der Waals surface area contributed by atoms with E-state index in [9.17, 15) is 4.79 Å². The van der Waals surface area contributed by atoms with Crippen LogP contribution >= 0.6 is 0 Å². The minimum Gasteiger partial charge on any atom is -0.395 e. The molecule has 3 nitrogen and oxygen atoms in total. The summed E-state index contributed by atoms with van der Waals surface area (Å²) in [6.45, 7) is 3.74. The summed E-state index contributed by atoms with van der Waals surface area (Å²) >= 11 is 0. The number of carbonyl (C=O) groups is 1. The molecule has 0 spiro atoms. The van der Waals surface area contributed by atoms with E-state index in [1.54, 1.807) is 6.92 Å². The lowest BCUT2D eigenvalue weighted by molar-refractivity contribution is -0.117. The van der Waals surface area contributed by atoms with Gasteiger partial charge in [-0.3, -0.25) is 4.90 Å². The Bertz CT molecular complexity index is 190. The molecule has 0 bridgehead atoms. The molecule has 1 fully saturated rings. The van der Waals surface area contributed by atoms with Gasteiger partial charge in [0.15, 0.2) is 0 Å². The zero-order valence-corrected chi connectivity index (χ0v) is 9.74. The second kappa shape index (κ2) is 6.96. The highest BCUT2D eigenvalue weighted by atomic mass is 16.3. The fourth-order valence-electron chi connectivity index (χ4n) is 2.05. The van der Waals surface area contributed by atoms with Gasteiger partial charge in [-0.25, -0.2) is 0 Å². The van der Waals surface area contributed by atoms with Crippen molar-refractivity contribution in [2.75, 3.05) is 19.7 Å². The monoisotopic (exact) mass is 213 g/mol. The molecule has 0 aromatic heterocycles. The van der Waals surface area contributed by atoms with Crippen LogP contribution in [0.25, 0.3) is 0 Å². The molecule has 0 atom stereocenters. The van der Waals surface area contributed by atoms with Gasteiger partial charge in [0.25, 0.3) is 0 Å². The molecular weight excluding hydrogens is 190 g/mol. The van der Waals surface area contributed by atoms with Crippen molar-refractivity contribution in [1.29, 1.82) is 0 Å². The third-order valence-electron chi connectivity index (χ3n) is 3.20. The Kier molecular flexibility index (Phi) is 5.88. The molecule has 0 unspecified atom stereocenters. The SMILES string of the molecule is CC(=O)CCCCN(CCO)C1CCC1. The highest BCUT2D eigenvalue weighted by Gasteiger charge is 2.23. The molecule has 0 aromatic rings. The Labute approximate surface area is 92.5 Å². The van der Waals surface area contributed by atoms with Crippen LogP contribution < -0.4 is 0 Å². The van der Waals surface area contributed by atoms with E-state index in [1.165, 1.54) is 19.3 Å². The molecule has 88 valence electrons. The molecule has 0 radical (unpaired) electrons. The minimum absolute atomic E-state index is 0.253. The van der Waals surface area contributed by atoms with Crippen LogP contribution in [0.2, 0.25) is 0 Å². The van der Waals surface area contributed by atoms with Crippen molar-refractivity contribution in [3.63, 3.8) is 0 Å². The van der Waals surface area contributed by atoms with E-state index in [1.807, 2.05) is 0 Å². The van der Waals surface area contributed by atoms with Gasteiger partial charge in [-0.2, -0.15) is 0 Å². The van der Waals surface area contributed by atoms with Gasteiger partial charge < -0.3 is 9.90 Å². The second-order valence-electron chi connectivity index (χ2n) is 4.50. The number of aliphatic hydroxyl groups is 1. The summed E-state index contributed by atoms with van der Waals surface area (Å²) in [5.41, 5.74) is 0. The predicted molar refractivity (Wildman–Crippen MR) is 60.8 cm³/mol. The van der Waals surface area contributed by atoms with Gasteiger partial charge in [-0.1, -0.05) is 6.42 Å². The minimum atomic E-state index is 0.253. The Morgan fingerprint density at radius 2 is 2.07 bits per heavy atom. The topological polar surface area (TPSA) is 40.5 Å². The summed E-state index contributed by atoms with van der Waals surface area (Å²) in [5.74, 6) is 0.285. The molecule has 1 aliphatic carbocycles. The highest BCUT2D eigenvalue weighted by molar-refractivity contribution is 5.75. The van der Waals surface area contributed by atoms with Gasteiger partial charge in [-0.15, -0.1) is 0 Å². The van der Waals surface area contributed by atoms with Gasteiger partial charge >= 0.3 is 0 Å². The van der Waals surface area contributed by atoms with Gasteiger partial charge in [0.2, 0.25) is 0 Å². The molecule has 0 saturated heterocycles. The first-order valence-corrected chi connectivity index (χ1v) is 6.08. The fraction of sp³-hybridized carbons (Fsp3) is 0.917. The van der Waals surface area contributed by atoms with Crippen LogP contribution in [0.4, 0.5) is 0 Å². The lowest BCUT2D eigenvalue weighted by atomic mass is 9.91. The summed E-state index contributed by atoms with van der Waals surface area (Å²) in [4.78, 5) is 13.1. The Hall–Kier alpha value is -0.410. The van der Waals surface area contributed by atoms with Crippen molar-refractivity contribution in [2.45, 2.75) is 51.5 Å². The summed E-state index contributed by atoms with van der Waals surface area (Å²) < 4.78 is 0. The number of rotatable bonds is 8. The van der Waals surface area contributed by atoms with Crippen LogP contribution in [0, 0.1) is 0 Å². The Balaban J connectivity index is 2.10. The number of hydrogen-bond donors (Lipinski definition) is 1. The standard InChI is InChI=1S/C12H23NO2/c1-11(15)5-2-3-8-13(9-10-14)12-6-4-7-12/h12,14H,2-10H2,1H3. The maximum Gasteiger partial charge on any atom is 0.129 e. The van der Waals surface area contributed by atoms with Gasteiger partial charge in [0.1, 0.15) is 5.78 Å². The van der Waals surface area contributed by atoms with Crippen LogP contribution in [0.5, 0.6) is 0 Å². The third kappa shape index (κ3) is 4.76. The zero-order chi connectivity index (χ0) is 11.1. The van der Waals surface area contributed by atoms with Crippen molar-refractivity contribution >= 4 is 5.78 Å². The summed E-state index contributed by atoms with van der Waals surface area (Å²) in [5, 5.41) is 8.95. The first-order chi connectivity index (χ1) is 7.24. The van der Waals surface area contributed by atoms with Crippen LogP contribution in [-0.2, 0) is 4.79 Å². The zero-order valence-electron chi connectivity index (χ0n) is 9.74. The van der Waals surface area contributed by atoms with E-state index < -0.39 is 0 Å². The van der Waals surface area contributed by atoms with Gasteiger partial charge in [-0.05, 0) is 39.2 Å². The largest absolute Gasteiger partial charge is 0.395 e. The molecule has 3 heteroatoms. The third-order valence-corrected chi connectivity index (χ3v) is 3.20. The van der Waals surface area contributed by atoms with Crippen molar-refractivity contribution in [1.82, 2.24) is 4.90 Å². The van der Waals surface area contributed by atoms with Crippen molar-refractivity contribution in [2.24, 2.45) is 0 Å². The van der Waals surface area contributed by atoms with Crippen molar-refractivity contribution in [3.8, 4) is 0 Å². The average molecular weight is 213 g/mol. The van der Waals surface area contributed by atoms with Crippen LogP contribution in [0.3, 0.4) is 0 Å². The molecule has 0 amide bonds. The number of hydrogen-bond acceptors (Lipinski definition) is 3. The number of nitrogens with zero attached hydrogens (tertiary/aromatic N) is 1. The average Bonchev–Trinajstić information content (AvgIpc) is 2.09. The molecule has 0 heterocycles.